The quantitative estimate of drug-likeness (QED) is 0.749. The summed E-state index contributed by atoms with van der Waals surface area (Å²) in [6.07, 6.45) is 0.892. The van der Waals surface area contributed by atoms with Crippen molar-refractivity contribution in [1.82, 2.24) is 0 Å². The summed E-state index contributed by atoms with van der Waals surface area (Å²) < 4.78 is 0. The Bertz CT molecular complexity index is 352. The SMILES string of the molecule is CC1(C)Cc2ccsc2[C@H]1C(=O)O. The first-order valence-electron chi connectivity index (χ1n) is 4.31. The standard InChI is InChI=1S/C10H12O2S/c1-10(2)5-6-3-4-13-8(6)7(10)9(11)12/h3-4,7H,5H2,1-2H3,(H,11,12)/t7-/m0/s1. The number of fused-ring (bicyclic) bond motifs is 1. The van der Waals surface area contributed by atoms with E-state index in [0.29, 0.717) is 0 Å². The van der Waals surface area contributed by atoms with E-state index in [1.807, 2.05) is 25.3 Å². The van der Waals surface area contributed by atoms with Gasteiger partial charge in [0.2, 0.25) is 0 Å². The average molecular weight is 196 g/mol. The van der Waals surface area contributed by atoms with Gasteiger partial charge in [0, 0.05) is 4.88 Å². The third kappa shape index (κ3) is 1.18. The van der Waals surface area contributed by atoms with Gasteiger partial charge in [-0.3, -0.25) is 4.79 Å². The molecule has 0 aromatic carbocycles. The zero-order chi connectivity index (χ0) is 9.64. The van der Waals surface area contributed by atoms with Crippen molar-refractivity contribution >= 4 is 17.3 Å². The van der Waals surface area contributed by atoms with Crippen LogP contribution in [-0.2, 0) is 11.2 Å². The maximum atomic E-state index is 11.1. The van der Waals surface area contributed by atoms with Crippen LogP contribution < -0.4 is 0 Å². The lowest BCUT2D eigenvalue weighted by atomic mass is 9.81. The van der Waals surface area contributed by atoms with Crippen LogP contribution in [0.1, 0.15) is 30.2 Å². The van der Waals surface area contributed by atoms with Gasteiger partial charge >= 0.3 is 5.97 Å². The third-order valence-electron chi connectivity index (χ3n) is 2.72. The minimum Gasteiger partial charge on any atom is -0.481 e. The monoisotopic (exact) mass is 196 g/mol. The summed E-state index contributed by atoms with van der Waals surface area (Å²) in [4.78, 5) is 12.1. The molecule has 2 nitrogen and oxygen atoms in total. The lowest BCUT2D eigenvalue weighted by Crippen LogP contribution is -2.24. The molecule has 0 aliphatic heterocycles. The molecule has 2 rings (SSSR count). The predicted molar refractivity (Wildman–Crippen MR) is 52.2 cm³/mol. The molecule has 13 heavy (non-hydrogen) atoms. The van der Waals surface area contributed by atoms with Crippen molar-refractivity contribution in [1.29, 1.82) is 0 Å². The number of hydrogen-bond donors (Lipinski definition) is 1. The Morgan fingerprint density at radius 2 is 2.38 bits per heavy atom. The van der Waals surface area contributed by atoms with E-state index in [0.717, 1.165) is 11.3 Å². The van der Waals surface area contributed by atoms with E-state index < -0.39 is 5.97 Å². The van der Waals surface area contributed by atoms with Crippen molar-refractivity contribution in [2.24, 2.45) is 5.41 Å². The molecule has 0 amide bonds. The first-order valence-corrected chi connectivity index (χ1v) is 5.19. The molecule has 0 saturated heterocycles. The Balaban J connectivity index is 2.49. The molecule has 0 radical (unpaired) electrons. The molecule has 3 heteroatoms. The van der Waals surface area contributed by atoms with Gasteiger partial charge in [0.25, 0.3) is 0 Å². The van der Waals surface area contributed by atoms with Gasteiger partial charge in [-0.1, -0.05) is 13.8 Å². The van der Waals surface area contributed by atoms with Gasteiger partial charge in [-0.05, 0) is 28.8 Å². The average Bonchev–Trinajstić information content (AvgIpc) is 2.41. The highest BCUT2D eigenvalue weighted by molar-refractivity contribution is 7.10. The van der Waals surface area contributed by atoms with Crippen LogP contribution >= 0.6 is 11.3 Å². The molecular weight excluding hydrogens is 184 g/mol. The van der Waals surface area contributed by atoms with Crippen LogP contribution in [0.3, 0.4) is 0 Å². The number of carboxylic acid groups (broad SMARTS) is 1. The minimum atomic E-state index is -0.689. The number of carboxylic acids is 1. The zero-order valence-corrected chi connectivity index (χ0v) is 8.52. The topological polar surface area (TPSA) is 37.3 Å². The Labute approximate surface area is 81.2 Å². The molecule has 1 aliphatic carbocycles. The molecule has 1 aromatic rings. The minimum absolute atomic E-state index is 0.117. The number of carbonyl (C=O) groups is 1. The maximum absolute atomic E-state index is 11.1. The second kappa shape index (κ2) is 2.58. The van der Waals surface area contributed by atoms with Crippen LogP contribution in [0.15, 0.2) is 11.4 Å². The highest BCUT2D eigenvalue weighted by atomic mass is 32.1. The van der Waals surface area contributed by atoms with Crippen molar-refractivity contribution in [2.75, 3.05) is 0 Å². The molecule has 0 saturated carbocycles. The highest BCUT2D eigenvalue weighted by Crippen LogP contribution is 2.49. The molecular formula is C10H12O2S. The van der Waals surface area contributed by atoms with E-state index in [4.69, 9.17) is 5.11 Å². The molecule has 0 fully saturated rings. The molecule has 1 N–H and O–H groups in total. The summed E-state index contributed by atoms with van der Waals surface area (Å²) in [5, 5.41) is 11.1. The van der Waals surface area contributed by atoms with Gasteiger partial charge in [-0.15, -0.1) is 11.3 Å². The first kappa shape index (κ1) is 8.75. The van der Waals surface area contributed by atoms with Crippen molar-refractivity contribution in [2.45, 2.75) is 26.2 Å². The zero-order valence-electron chi connectivity index (χ0n) is 7.70. The van der Waals surface area contributed by atoms with Crippen LogP contribution in [0.5, 0.6) is 0 Å². The molecule has 1 heterocycles. The number of hydrogen-bond acceptors (Lipinski definition) is 2. The first-order chi connectivity index (χ1) is 6.02. The van der Waals surface area contributed by atoms with E-state index in [-0.39, 0.29) is 11.3 Å². The molecule has 1 aromatic heterocycles. The third-order valence-corrected chi connectivity index (χ3v) is 3.74. The number of aliphatic carboxylic acids is 1. The van der Waals surface area contributed by atoms with E-state index in [9.17, 15) is 4.79 Å². The predicted octanol–water partition coefficient (Wildman–Crippen LogP) is 2.50. The molecule has 0 spiro atoms. The fourth-order valence-corrected chi connectivity index (χ4v) is 3.37. The normalized spacial score (nSPS) is 24.3. The highest BCUT2D eigenvalue weighted by Gasteiger charge is 2.44. The molecule has 70 valence electrons. The van der Waals surface area contributed by atoms with Crippen molar-refractivity contribution in [3.8, 4) is 0 Å². The van der Waals surface area contributed by atoms with E-state index in [1.54, 1.807) is 11.3 Å². The second-order valence-electron chi connectivity index (χ2n) is 4.25. The van der Waals surface area contributed by atoms with Gasteiger partial charge in [0.05, 0.1) is 5.92 Å². The lowest BCUT2D eigenvalue weighted by Gasteiger charge is -2.23. The summed E-state index contributed by atoms with van der Waals surface area (Å²) in [5.74, 6) is -0.992. The Morgan fingerprint density at radius 1 is 1.69 bits per heavy atom. The van der Waals surface area contributed by atoms with Crippen molar-refractivity contribution in [3.05, 3.63) is 21.9 Å². The van der Waals surface area contributed by atoms with Gasteiger partial charge in [-0.25, -0.2) is 0 Å². The van der Waals surface area contributed by atoms with Gasteiger partial charge in [0.15, 0.2) is 0 Å². The lowest BCUT2D eigenvalue weighted by molar-refractivity contribution is -0.141. The van der Waals surface area contributed by atoms with Gasteiger partial charge < -0.3 is 5.11 Å². The Morgan fingerprint density at radius 3 is 3.00 bits per heavy atom. The summed E-state index contributed by atoms with van der Waals surface area (Å²) in [7, 11) is 0. The van der Waals surface area contributed by atoms with E-state index >= 15 is 0 Å². The summed E-state index contributed by atoms with van der Waals surface area (Å²) in [6.45, 7) is 4.05. The summed E-state index contributed by atoms with van der Waals surface area (Å²) in [6, 6.07) is 2.05. The second-order valence-corrected chi connectivity index (χ2v) is 5.19. The molecule has 1 atom stereocenters. The van der Waals surface area contributed by atoms with E-state index in [1.165, 1.54) is 5.56 Å². The van der Waals surface area contributed by atoms with Crippen LogP contribution in [0.4, 0.5) is 0 Å². The van der Waals surface area contributed by atoms with Crippen molar-refractivity contribution < 1.29 is 9.90 Å². The fraction of sp³-hybridized carbons (Fsp3) is 0.500. The number of thiophene rings is 1. The maximum Gasteiger partial charge on any atom is 0.312 e. The Kier molecular flexibility index (Phi) is 1.74. The molecule has 0 bridgehead atoms. The van der Waals surface area contributed by atoms with E-state index in [2.05, 4.69) is 0 Å². The van der Waals surface area contributed by atoms with Gasteiger partial charge in [-0.2, -0.15) is 0 Å². The van der Waals surface area contributed by atoms with Crippen LogP contribution in [0.2, 0.25) is 0 Å². The fourth-order valence-electron chi connectivity index (χ4n) is 2.14. The Hall–Kier alpha value is -0.830. The van der Waals surface area contributed by atoms with Gasteiger partial charge in [0.1, 0.15) is 0 Å². The van der Waals surface area contributed by atoms with Crippen LogP contribution in [0, 0.1) is 5.41 Å². The summed E-state index contributed by atoms with van der Waals surface area (Å²) >= 11 is 1.57. The molecule has 1 aliphatic rings. The number of rotatable bonds is 1. The van der Waals surface area contributed by atoms with Crippen LogP contribution in [-0.4, -0.2) is 11.1 Å². The largest absolute Gasteiger partial charge is 0.481 e. The van der Waals surface area contributed by atoms with Crippen LogP contribution in [0.25, 0.3) is 0 Å². The van der Waals surface area contributed by atoms with Crippen molar-refractivity contribution in [3.63, 3.8) is 0 Å². The summed E-state index contributed by atoms with van der Waals surface area (Å²) in [5.41, 5.74) is 1.11. The smallest absolute Gasteiger partial charge is 0.312 e. The molecule has 0 unspecified atom stereocenters.